The van der Waals surface area contributed by atoms with E-state index in [9.17, 15) is 4.79 Å². The summed E-state index contributed by atoms with van der Waals surface area (Å²) >= 11 is 0. The van der Waals surface area contributed by atoms with E-state index < -0.39 is 0 Å². The van der Waals surface area contributed by atoms with E-state index in [0.717, 1.165) is 54.9 Å². The summed E-state index contributed by atoms with van der Waals surface area (Å²) in [6, 6.07) is 16.3. The standard InChI is InChI=1S/C34H52O4/c1-5-7-8-9-10-11-12-13-14-26-36-32-22-18-30(19-23-32)31-20-24-33(25-21-31)37-27-29(4)38-34(35)17-15-16-28(3)6-2/h18-25,28-29H,5-17,26-27H2,1-4H3. The number of esters is 1. The van der Waals surface area contributed by atoms with Gasteiger partial charge in [0.2, 0.25) is 0 Å². The van der Waals surface area contributed by atoms with Crippen LogP contribution in [0.15, 0.2) is 48.5 Å². The van der Waals surface area contributed by atoms with E-state index in [4.69, 9.17) is 14.2 Å². The topological polar surface area (TPSA) is 44.8 Å². The summed E-state index contributed by atoms with van der Waals surface area (Å²) in [5.74, 6) is 2.22. The molecule has 0 saturated carbocycles. The first-order valence-electron chi connectivity index (χ1n) is 15.2. The molecule has 0 N–H and O–H groups in total. The minimum absolute atomic E-state index is 0.139. The lowest BCUT2D eigenvalue weighted by molar-refractivity contribution is -0.149. The van der Waals surface area contributed by atoms with Gasteiger partial charge in [-0.2, -0.15) is 0 Å². The summed E-state index contributed by atoms with van der Waals surface area (Å²) in [6.07, 6.45) is 15.2. The second-order valence-electron chi connectivity index (χ2n) is 10.7. The number of rotatable bonds is 21. The van der Waals surface area contributed by atoms with Gasteiger partial charge in [0.1, 0.15) is 24.2 Å². The van der Waals surface area contributed by atoms with E-state index in [0.29, 0.717) is 18.9 Å². The molecule has 0 aliphatic heterocycles. The van der Waals surface area contributed by atoms with Crippen molar-refractivity contribution in [2.24, 2.45) is 5.92 Å². The molecule has 0 amide bonds. The zero-order valence-corrected chi connectivity index (χ0v) is 24.5. The molecule has 0 heterocycles. The van der Waals surface area contributed by atoms with Crippen LogP contribution in [0.3, 0.4) is 0 Å². The highest BCUT2D eigenvalue weighted by Gasteiger charge is 2.11. The van der Waals surface area contributed by atoms with Crippen molar-refractivity contribution < 1.29 is 19.0 Å². The van der Waals surface area contributed by atoms with Gasteiger partial charge in [-0.05, 0) is 61.1 Å². The SMILES string of the molecule is CCCCCCCCCCCOc1ccc(-c2ccc(OCC(C)OC(=O)CCCC(C)CC)cc2)cc1. The first-order valence-corrected chi connectivity index (χ1v) is 15.2. The van der Waals surface area contributed by atoms with Gasteiger partial charge >= 0.3 is 5.97 Å². The Kier molecular flexibility index (Phi) is 16.3. The van der Waals surface area contributed by atoms with E-state index >= 15 is 0 Å². The third-order valence-electron chi connectivity index (χ3n) is 7.15. The van der Waals surface area contributed by atoms with Crippen LogP contribution in [0.25, 0.3) is 11.1 Å². The average molecular weight is 525 g/mol. The molecule has 2 atom stereocenters. The molecule has 0 spiro atoms. The molecular formula is C34H52O4. The fourth-order valence-electron chi connectivity index (χ4n) is 4.42. The Hall–Kier alpha value is -2.49. The third-order valence-corrected chi connectivity index (χ3v) is 7.15. The Bertz CT molecular complexity index is 859. The molecule has 38 heavy (non-hydrogen) atoms. The maximum Gasteiger partial charge on any atom is 0.306 e. The zero-order chi connectivity index (χ0) is 27.4. The largest absolute Gasteiger partial charge is 0.494 e. The van der Waals surface area contributed by atoms with Crippen LogP contribution in [0.5, 0.6) is 11.5 Å². The fraction of sp³-hybridized carbons (Fsp3) is 0.618. The molecule has 0 bridgehead atoms. The summed E-state index contributed by atoms with van der Waals surface area (Å²) in [4.78, 5) is 12.0. The van der Waals surface area contributed by atoms with Crippen molar-refractivity contribution in [3.05, 3.63) is 48.5 Å². The van der Waals surface area contributed by atoms with Gasteiger partial charge in [-0.25, -0.2) is 0 Å². The van der Waals surface area contributed by atoms with Gasteiger partial charge in [0.15, 0.2) is 0 Å². The van der Waals surface area contributed by atoms with E-state index in [1.165, 1.54) is 51.4 Å². The molecule has 2 aromatic carbocycles. The Balaban J connectivity index is 1.62. The smallest absolute Gasteiger partial charge is 0.306 e. The van der Waals surface area contributed by atoms with Crippen LogP contribution in [0, 0.1) is 5.92 Å². The number of ether oxygens (including phenoxy) is 3. The maximum absolute atomic E-state index is 12.0. The second-order valence-corrected chi connectivity index (χ2v) is 10.7. The molecule has 2 aromatic rings. The molecule has 2 unspecified atom stereocenters. The Morgan fingerprint density at radius 3 is 1.76 bits per heavy atom. The molecule has 4 nitrogen and oxygen atoms in total. The van der Waals surface area contributed by atoms with E-state index in [2.05, 4.69) is 45.0 Å². The van der Waals surface area contributed by atoms with Gasteiger partial charge in [0.05, 0.1) is 6.61 Å². The predicted molar refractivity (Wildman–Crippen MR) is 159 cm³/mol. The van der Waals surface area contributed by atoms with Crippen molar-refractivity contribution in [3.8, 4) is 22.6 Å². The lowest BCUT2D eigenvalue weighted by Crippen LogP contribution is -2.22. The van der Waals surface area contributed by atoms with E-state index in [1.54, 1.807) is 0 Å². The van der Waals surface area contributed by atoms with Crippen molar-refractivity contribution in [3.63, 3.8) is 0 Å². The summed E-state index contributed by atoms with van der Waals surface area (Å²) in [7, 11) is 0. The molecule has 2 rings (SSSR count). The minimum atomic E-state index is -0.270. The van der Waals surface area contributed by atoms with Gasteiger partial charge < -0.3 is 14.2 Å². The number of hydrogen-bond acceptors (Lipinski definition) is 4. The number of benzene rings is 2. The monoisotopic (exact) mass is 524 g/mol. The van der Waals surface area contributed by atoms with Gasteiger partial charge in [-0.1, -0.05) is 109 Å². The maximum atomic E-state index is 12.0. The summed E-state index contributed by atoms with van der Waals surface area (Å²) < 4.78 is 17.3. The van der Waals surface area contributed by atoms with Crippen molar-refractivity contribution in [2.75, 3.05) is 13.2 Å². The highest BCUT2D eigenvalue weighted by molar-refractivity contribution is 5.69. The highest BCUT2D eigenvalue weighted by atomic mass is 16.6. The van der Waals surface area contributed by atoms with E-state index in [-0.39, 0.29) is 12.1 Å². The van der Waals surface area contributed by atoms with Gasteiger partial charge in [0, 0.05) is 6.42 Å². The van der Waals surface area contributed by atoms with Gasteiger partial charge in [0.25, 0.3) is 0 Å². The Labute approximate surface area is 232 Å². The first-order chi connectivity index (χ1) is 18.5. The lowest BCUT2D eigenvalue weighted by Gasteiger charge is -2.15. The lowest BCUT2D eigenvalue weighted by atomic mass is 10.0. The van der Waals surface area contributed by atoms with Crippen molar-refractivity contribution >= 4 is 5.97 Å². The van der Waals surface area contributed by atoms with Crippen LogP contribution in [0.1, 0.15) is 111 Å². The quantitative estimate of drug-likeness (QED) is 0.120. The molecule has 4 heteroatoms. The second kappa shape index (κ2) is 19.6. The zero-order valence-electron chi connectivity index (χ0n) is 24.5. The summed E-state index contributed by atoms with van der Waals surface area (Å²) in [6.45, 7) is 9.67. The van der Waals surface area contributed by atoms with Crippen LogP contribution in [0.4, 0.5) is 0 Å². The molecule has 0 aliphatic carbocycles. The fourth-order valence-corrected chi connectivity index (χ4v) is 4.42. The van der Waals surface area contributed by atoms with Crippen LogP contribution < -0.4 is 9.47 Å². The van der Waals surface area contributed by atoms with Crippen LogP contribution in [0.2, 0.25) is 0 Å². The number of carbonyl (C=O) groups excluding carboxylic acids is 1. The average Bonchev–Trinajstić information content (AvgIpc) is 2.93. The molecule has 0 fully saturated rings. The van der Waals surface area contributed by atoms with Crippen molar-refractivity contribution in [2.45, 2.75) is 117 Å². The van der Waals surface area contributed by atoms with Crippen LogP contribution in [-0.4, -0.2) is 25.3 Å². The first kappa shape index (κ1) is 31.7. The molecular weight excluding hydrogens is 472 g/mol. The summed E-state index contributed by atoms with van der Waals surface area (Å²) in [5, 5.41) is 0. The van der Waals surface area contributed by atoms with Crippen molar-refractivity contribution in [1.29, 1.82) is 0 Å². The minimum Gasteiger partial charge on any atom is -0.494 e. The van der Waals surface area contributed by atoms with Crippen LogP contribution in [-0.2, 0) is 9.53 Å². The predicted octanol–water partition coefficient (Wildman–Crippen LogP) is 9.79. The molecule has 212 valence electrons. The highest BCUT2D eigenvalue weighted by Crippen LogP contribution is 2.25. The third kappa shape index (κ3) is 13.9. The Morgan fingerprint density at radius 1 is 0.684 bits per heavy atom. The van der Waals surface area contributed by atoms with Crippen molar-refractivity contribution in [1.82, 2.24) is 0 Å². The number of hydrogen-bond donors (Lipinski definition) is 0. The van der Waals surface area contributed by atoms with Gasteiger partial charge in [-0.3, -0.25) is 4.79 Å². The summed E-state index contributed by atoms with van der Waals surface area (Å²) in [5.41, 5.74) is 2.27. The molecule has 0 aromatic heterocycles. The van der Waals surface area contributed by atoms with E-state index in [1.807, 2.05) is 31.2 Å². The molecule has 0 saturated heterocycles. The molecule has 0 aliphatic rings. The normalized spacial score (nSPS) is 12.6. The number of carbonyl (C=O) groups is 1. The van der Waals surface area contributed by atoms with Gasteiger partial charge in [-0.15, -0.1) is 0 Å². The Morgan fingerprint density at radius 2 is 1.21 bits per heavy atom. The molecule has 0 radical (unpaired) electrons. The number of unbranched alkanes of at least 4 members (excludes halogenated alkanes) is 8. The van der Waals surface area contributed by atoms with Crippen LogP contribution >= 0.6 is 0 Å².